The molecule has 0 aliphatic carbocycles. The van der Waals surface area contributed by atoms with Crippen LogP contribution in [0.5, 0.6) is 0 Å². The van der Waals surface area contributed by atoms with Gasteiger partial charge in [-0.3, -0.25) is 24.2 Å². The van der Waals surface area contributed by atoms with Gasteiger partial charge in [0, 0.05) is 25.1 Å². The van der Waals surface area contributed by atoms with Crippen LogP contribution in [0.4, 0.5) is 0 Å². The van der Waals surface area contributed by atoms with E-state index in [1.165, 1.54) is 0 Å². The van der Waals surface area contributed by atoms with Crippen LogP contribution in [-0.2, 0) is 19.6 Å². The summed E-state index contributed by atoms with van der Waals surface area (Å²) in [5.41, 5.74) is 3.48. The van der Waals surface area contributed by atoms with E-state index in [2.05, 4.69) is 20.4 Å². The molecular weight excluding hydrogens is 356 g/mol. The summed E-state index contributed by atoms with van der Waals surface area (Å²) in [5.74, 6) is -0.321. The predicted molar refractivity (Wildman–Crippen MR) is 101 cm³/mol. The van der Waals surface area contributed by atoms with E-state index < -0.39 is 0 Å². The number of aryl methyl sites for hydroxylation is 1. The lowest BCUT2D eigenvalue weighted by Crippen LogP contribution is -2.38. The number of nitrogens with zero attached hydrogens (tertiary/aromatic N) is 5. The quantitative estimate of drug-likeness (QED) is 0.746. The maximum Gasteiger partial charge on any atom is 0.272 e. The van der Waals surface area contributed by atoms with Gasteiger partial charge in [0.15, 0.2) is 5.69 Å². The largest absolute Gasteiger partial charge is 0.345 e. The van der Waals surface area contributed by atoms with Crippen molar-refractivity contribution in [3.63, 3.8) is 0 Å². The zero-order chi connectivity index (χ0) is 19.5. The minimum Gasteiger partial charge on any atom is -0.345 e. The third kappa shape index (κ3) is 3.75. The van der Waals surface area contributed by atoms with E-state index in [9.17, 15) is 9.59 Å². The molecule has 0 bridgehead atoms. The number of aromatic nitrogens is 4. The summed E-state index contributed by atoms with van der Waals surface area (Å²) < 4.78 is 1.79. The minimum absolute atomic E-state index is 0.0650. The van der Waals surface area contributed by atoms with Crippen molar-refractivity contribution in [1.82, 2.24) is 30.0 Å². The van der Waals surface area contributed by atoms with Crippen LogP contribution in [0.25, 0.3) is 0 Å². The molecule has 0 unspecified atom stereocenters. The number of pyridine rings is 2. The van der Waals surface area contributed by atoms with Crippen LogP contribution < -0.4 is 5.32 Å². The molecule has 0 radical (unpaired) electrons. The molecular formula is C20H20N6O2. The molecule has 28 heavy (non-hydrogen) atoms. The highest BCUT2D eigenvalue weighted by Crippen LogP contribution is 2.17. The first kappa shape index (κ1) is 17.8. The van der Waals surface area contributed by atoms with Crippen molar-refractivity contribution in [3.8, 4) is 0 Å². The Morgan fingerprint density at radius 1 is 1.18 bits per heavy atom. The number of hydrogen-bond acceptors (Lipinski definition) is 5. The first-order valence-corrected chi connectivity index (χ1v) is 9.06. The fourth-order valence-electron chi connectivity index (χ4n) is 3.17. The number of carbonyl (C=O) groups excluding carboxylic acids is 2. The highest BCUT2D eigenvalue weighted by atomic mass is 16.2. The number of fused-ring (bicyclic) bond motifs is 1. The van der Waals surface area contributed by atoms with Crippen LogP contribution in [0.2, 0.25) is 0 Å². The summed E-state index contributed by atoms with van der Waals surface area (Å²) in [6.45, 7) is 3.75. The molecule has 8 nitrogen and oxygen atoms in total. The monoisotopic (exact) mass is 376 g/mol. The Bertz CT molecular complexity index is 1010. The maximum absolute atomic E-state index is 12.7. The van der Waals surface area contributed by atoms with Crippen LogP contribution in [0.1, 0.15) is 37.8 Å². The summed E-state index contributed by atoms with van der Waals surface area (Å²) in [4.78, 5) is 35.2. The van der Waals surface area contributed by atoms with Crippen molar-refractivity contribution in [3.05, 3.63) is 77.1 Å². The highest BCUT2D eigenvalue weighted by Gasteiger charge is 2.25. The van der Waals surface area contributed by atoms with Crippen molar-refractivity contribution in [2.24, 2.45) is 0 Å². The maximum atomic E-state index is 12.7. The Labute approximate surface area is 162 Å². The first-order valence-electron chi connectivity index (χ1n) is 9.06. The second kappa shape index (κ2) is 7.59. The summed E-state index contributed by atoms with van der Waals surface area (Å²) in [5, 5.41) is 7.20. The fourth-order valence-corrected chi connectivity index (χ4v) is 3.17. The molecule has 0 saturated heterocycles. The van der Waals surface area contributed by atoms with E-state index >= 15 is 0 Å². The third-order valence-corrected chi connectivity index (χ3v) is 4.60. The van der Waals surface area contributed by atoms with Gasteiger partial charge in [0.25, 0.3) is 11.8 Å². The van der Waals surface area contributed by atoms with E-state index in [1.807, 2.05) is 31.2 Å². The van der Waals surface area contributed by atoms with E-state index in [4.69, 9.17) is 0 Å². The number of nitrogens with one attached hydrogen (secondary N) is 1. The molecule has 4 rings (SSSR count). The Kier molecular flexibility index (Phi) is 4.84. The van der Waals surface area contributed by atoms with Crippen LogP contribution in [0.15, 0.2) is 48.9 Å². The molecule has 3 aromatic rings. The highest BCUT2D eigenvalue weighted by molar-refractivity contribution is 5.94. The molecule has 1 aliphatic heterocycles. The Balaban J connectivity index is 1.43. The van der Waals surface area contributed by atoms with Gasteiger partial charge in [0.2, 0.25) is 0 Å². The van der Waals surface area contributed by atoms with Crippen molar-refractivity contribution in [2.75, 3.05) is 6.54 Å². The topological polar surface area (TPSA) is 93.0 Å². The number of rotatable bonds is 4. The van der Waals surface area contributed by atoms with Crippen LogP contribution in [0.3, 0.4) is 0 Å². The van der Waals surface area contributed by atoms with Gasteiger partial charge in [-0.2, -0.15) is 5.10 Å². The van der Waals surface area contributed by atoms with Gasteiger partial charge in [-0.05, 0) is 36.8 Å². The second-order valence-corrected chi connectivity index (χ2v) is 6.73. The molecule has 4 heterocycles. The van der Waals surface area contributed by atoms with Crippen molar-refractivity contribution >= 4 is 11.8 Å². The molecule has 1 aliphatic rings. The molecule has 0 spiro atoms. The molecule has 0 atom stereocenters. The number of carbonyl (C=O) groups is 2. The smallest absolute Gasteiger partial charge is 0.272 e. The zero-order valence-corrected chi connectivity index (χ0v) is 15.5. The van der Waals surface area contributed by atoms with Gasteiger partial charge < -0.3 is 10.2 Å². The van der Waals surface area contributed by atoms with E-state index in [1.54, 1.807) is 34.2 Å². The lowest BCUT2D eigenvalue weighted by atomic mass is 10.2. The molecule has 8 heteroatoms. The van der Waals surface area contributed by atoms with Gasteiger partial charge in [0.1, 0.15) is 0 Å². The SMILES string of the molecule is Cc1cncc(C(=O)N2CCn3nc(C(=O)NCc4ccccn4)cc3C2)c1. The Morgan fingerprint density at radius 2 is 2.07 bits per heavy atom. The van der Waals surface area contributed by atoms with Crippen molar-refractivity contribution in [1.29, 1.82) is 0 Å². The van der Waals surface area contributed by atoms with Gasteiger partial charge in [-0.15, -0.1) is 0 Å². The minimum atomic E-state index is -0.256. The van der Waals surface area contributed by atoms with Crippen molar-refractivity contribution in [2.45, 2.75) is 26.6 Å². The molecule has 2 amide bonds. The van der Waals surface area contributed by atoms with E-state index in [0.717, 1.165) is 17.0 Å². The summed E-state index contributed by atoms with van der Waals surface area (Å²) in [6.07, 6.45) is 4.99. The number of amides is 2. The Hall–Kier alpha value is -3.55. The molecule has 1 N–H and O–H groups in total. The molecule has 3 aromatic heterocycles. The molecule has 0 saturated carbocycles. The van der Waals surface area contributed by atoms with E-state index in [-0.39, 0.29) is 11.8 Å². The molecule has 142 valence electrons. The van der Waals surface area contributed by atoms with Gasteiger partial charge in [-0.25, -0.2) is 0 Å². The normalized spacial score (nSPS) is 13.1. The molecule has 0 fully saturated rings. The Morgan fingerprint density at radius 3 is 2.86 bits per heavy atom. The molecule has 0 aromatic carbocycles. The van der Waals surface area contributed by atoms with Crippen LogP contribution in [0, 0.1) is 6.92 Å². The van der Waals surface area contributed by atoms with Crippen LogP contribution in [-0.4, -0.2) is 43.0 Å². The van der Waals surface area contributed by atoms with Gasteiger partial charge in [0.05, 0.1) is 36.6 Å². The second-order valence-electron chi connectivity index (χ2n) is 6.73. The van der Waals surface area contributed by atoms with Gasteiger partial charge >= 0.3 is 0 Å². The zero-order valence-electron chi connectivity index (χ0n) is 15.5. The fraction of sp³-hybridized carbons (Fsp3) is 0.250. The first-order chi connectivity index (χ1) is 13.6. The van der Waals surface area contributed by atoms with Crippen LogP contribution >= 0.6 is 0 Å². The lowest BCUT2D eigenvalue weighted by molar-refractivity contribution is 0.0705. The average molecular weight is 376 g/mol. The van der Waals surface area contributed by atoms with Crippen molar-refractivity contribution < 1.29 is 9.59 Å². The van der Waals surface area contributed by atoms with E-state index in [0.29, 0.717) is 37.4 Å². The third-order valence-electron chi connectivity index (χ3n) is 4.60. The average Bonchev–Trinajstić information content (AvgIpc) is 3.15. The summed E-state index contributed by atoms with van der Waals surface area (Å²) in [7, 11) is 0. The predicted octanol–water partition coefficient (Wildman–Crippen LogP) is 1.57. The summed E-state index contributed by atoms with van der Waals surface area (Å²) in [6, 6.07) is 9.12. The summed E-state index contributed by atoms with van der Waals surface area (Å²) >= 11 is 0. The van der Waals surface area contributed by atoms with Gasteiger partial charge in [-0.1, -0.05) is 6.07 Å². The number of hydrogen-bond donors (Lipinski definition) is 1. The standard InChI is InChI=1S/C20H20N6O2/c1-14-8-15(11-21-10-14)20(28)25-6-7-26-17(13-25)9-18(24-26)19(27)23-12-16-4-2-3-5-22-16/h2-5,8-11H,6-7,12-13H2,1H3,(H,23,27). The lowest BCUT2D eigenvalue weighted by Gasteiger charge is -2.27.